The topological polar surface area (TPSA) is 30.0 Å². The van der Waals surface area contributed by atoms with Crippen LogP contribution < -0.4 is 0 Å². The highest BCUT2D eigenvalue weighted by atomic mass is 32.1. The molecule has 1 aromatic heterocycles. The summed E-state index contributed by atoms with van der Waals surface area (Å²) in [6, 6.07) is 8.34. The van der Waals surface area contributed by atoms with E-state index in [0.29, 0.717) is 0 Å². The number of hydrogen-bond donors (Lipinski definition) is 0. The molecule has 0 amide bonds. The van der Waals surface area contributed by atoms with Crippen molar-refractivity contribution in [3.8, 4) is 0 Å². The SMILES string of the molecule is Cc1ncc(C(=O)C2Cc3ccccc3C2)s1. The van der Waals surface area contributed by atoms with Gasteiger partial charge < -0.3 is 0 Å². The van der Waals surface area contributed by atoms with Crippen molar-refractivity contribution in [1.29, 1.82) is 0 Å². The summed E-state index contributed by atoms with van der Waals surface area (Å²) in [4.78, 5) is 17.3. The molecule has 0 saturated carbocycles. The van der Waals surface area contributed by atoms with Crippen LogP contribution in [0.4, 0.5) is 0 Å². The normalized spacial score (nSPS) is 14.9. The van der Waals surface area contributed by atoms with Gasteiger partial charge in [-0.15, -0.1) is 11.3 Å². The molecule has 0 aliphatic heterocycles. The van der Waals surface area contributed by atoms with Crippen LogP contribution in [0.1, 0.15) is 25.8 Å². The number of rotatable bonds is 2. The number of carbonyl (C=O) groups excluding carboxylic acids is 1. The molecule has 1 heterocycles. The van der Waals surface area contributed by atoms with Crippen LogP contribution in [0.25, 0.3) is 0 Å². The number of benzene rings is 1. The first-order valence-corrected chi connectivity index (χ1v) is 6.59. The third-order valence-corrected chi connectivity index (χ3v) is 4.21. The molecule has 1 aromatic carbocycles. The van der Waals surface area contributed by atoms with E-state index in [9.17, 15) is 4.79 Å². The second-order valence-corrected chi connectivity index (χ2v) is 5.72. The Morgan fingerprint density at radius 2 is 1.94 bits per heavy atom. The number of Topliss-reactive ketones (excluding diaryl/α,β-unsaturated/α-hetero) is 1. The highest BCUT2D eigenvalue weighted by Crippen LogP contribution is 2.30. The molecular weight excluding hydrogens is 230 g/mol. The van der Waals surface area contributed by atoms with E-state index in [-0.39, 0.29) is 11.7 Å². The predicted molar refractivity (Wildman–Crippen MR) is 68.5 cm³/mol. The van der Waals surface area contributed by atoms with Gasteiger partial charge in [0.25, 0.3) is 0 Å². The van der Waals surface area contributed by atoms with Gasteiger partial charge in [0.2, 0.25) is 0 Å². The third-order valence-electron chi connectivity index (χ3n) is 3.29. The van der Waals surface area contributed by atoms with Gasteiger partial charge in [-0.1, -0.05) is 24.3 Å². The number of aromatic nitrogens is 1. The number of hydrogen-bond acceptors (Lipinski definition) is 3. The third kappa shape index (κ3) is 1.91. The molecule has 0 bridgehead atoms. The van der Waals surface area contributed by atoms with Crippen molar-refractivity contribution in [2.45, 2.75) is 19.8 Å². The van der Waals surface area contributed by atoms with Crippen LogP contribution in [0.2, 0.25) is 0 Å². The maximum atomic E-state index is 12.3. The number of aryl methyl sites for hydroxylation is 1. The Balaban J connectivity index is 1.83. The Morgan fingerprint density at radius 1 is 1.29 bits per heavy atom. The lowest BCUT2D eigenvalue weighted by Crippen LogP contribution is -2.13. The summed E-state index contributed by atoms with van der Waals surface area (Å²) in [6.07, 6.45) is 3.48. The largest absolute Gasteiger partial charge is 0.293 e. The lowest BCUT2D eigenvalue weighted by atomic mass is 10.0. The number of thiazole rings is 1. The maximum absolute atomic E-state index is 12.3. The van der Waals surface area contributed by atoms with Crippen molar-refractivity contribution in [2.24, 2.45) is 5.92 Å². The molecule has 3 heteroatoms. The minimum atomic E-state index is 0.118. The summed E-state index contributed by atoms with van der Waals surface area (Å²) in [6.45, 7) is 1.94. The highest BCUT2D eigenvalue weighted by Gasteiger charge is 2.28. The Morgan fingerprint density at radius 3 is 2.47 bits per heavy atom. The van der Waals surface area contributed by atoms with Crippen LogP contribution in [0.3, 0.4) is 0 Å². The van der Waals surface area contributed by atoms with Crippen LogP contribution in [0.15, 0.2) is 30.5 Å². The lowest BCUT2D eigenvalue weighted by molar-refractivity contribution is 0.0928. The Hall–Kier alpha value is -1.48. The predicted octanol–water partition coefficient (Wildman–Crippen LogP) is 3.05. The minimum Gasteiger partial charge on any atom is -0.293 e. The summed E-state index contributed by atoms with van der Waals surface area (Å²) >= 11 is 1.50. The van der Waals surface area contributed by atoms with Crippen LogP contribution in [0, 0.1) is 12.8 Å². The first-order valence-electron chi connectivity index (χ1n) is 5.77. The van der Waals surface area contributed by atoms with E-state index in [0.717, 1.165) is 22.7 Å². The second-order valence-electron chi connectivity index (χ2n) is 4.48. The van der Waals surface area contributed by atoms with E-state index in [1.807, 2.05) is 19.1 Å². The van der Waals surface area contributed by atoms with Gasteiger partial charge in [0, 0.05) is 12.1 Å². The molecule has 0 radical (unpaired) electrons. The summed E-state index contributed by atoms with van der Waals surface area (Å²) in [5.41, 5.74) is 2.65. The van der Waals surface area contributed by atoms with E-state index in [4.69, 9.17) is 0 Å². The van der Waals surface area contributed by atoms with Gasteiger partial charge in [-0.3, -0.25) is 4.79 Å². The number of fused-ring (bicyclic) bond motifs is 1. The molecule has 2 nitrogen and oxygen atoms in total. The molecule has 0 atom stereocenters. The summed E-state index contributed by atoms with van der Waals surface area (Å²) in [7, 11) is 0. The molecule has 86 valence electrons. The Kier molecular flexibility index (Phi) is 2.56. The van der Waals surface area contributed by atoms with E-state index in [1.54, 1.807) is 6.20 Å². The summed E-state index contributed by atoms with van der Waals surface area (Å²) < 4.78 is 0. The fraction of sp³-hybridized carbons (Fsp3) is 0.286. The van der Waals surface area contributed by atoms with Crippen molar-refractivity contribution < 1.29 is 4.79 Å². The molecule has 0 saturated heterocycles. The monoisotopic (exact) mass is 243 g/mol. The van der Waals surface area contributed by atoms with Crippen LogP contribution in [-0.2, 0) is 12.8 Å². The highest BCUT2D eigenvalue weighted by molar-refractivity contribution is 7.13. The van der Waals surface area contributed by atoms with E-state index >= 15 is 0 Å². The van der Waals surface area contributed by atoms with Gasteiger partial charge in [0.15, 0.2) is 5.78 Å². The quantitative estimate of drug-likeness (QED) is 0.759. The van der Waals surface area contributed by atoms with Crippen molar-refractivity contribution in [2.75, 3.05) is 0 Å². The van der Waals surface area contributed by atoms with Crippen molar-refractivity contribution in [1.82, 2.24) is 4.98 Å². The zero-order chi connectivity index (χ0) is 11.8. The fourth-order valence-electron chi connectivity index (χ4n) is 2.42. The molecule has 17 heavy (non-hydrogen) atoms. The molecular formula is C14H13NOS. The molecule has 0 spiro atoms. The average Bonchev–Trinajstić information content (AvgIpc) is 2.93. The van der Waals surface area contributed by atoms with E-state index in [2.05, 4.69) is 17.1 Å². The molecule has 0 N–H and O–H groups in total. The van der Waals surface area contributed by atoms with Crippen molar-refractivity contribution >= 4 is 17.1 Å². The molecule has 0 unspecified atom stereocenters. The van der Waals surface area contributed by atoms with Gasteiger partial charge in [-0.05, 0) is 30.9 Å². The summed E-state index contributed by atoms with van der Waals surface area (Å²) in [5.74, 6) is 0.374. The van der Waals surface area contributed by atoms with Gasteiger partial charge in [0.05, 0.1) is 9.88 Å². The minimum absolute atomic E-state index is 0.118. The zero-order valence-electron chi connectivity index (χ0n) is 9.64. The fourth-order valence-corrected chi connectivity index (χ4v) is 3.22. The zero-order valence-corrected chi connectivity index (χ0v) is 10.5. The molecule has 3 rings (SSSR count). The van der Waals surface area contributed by atoms with Crippen LogP contribution >= 0.6 is 11.3 Å². The second kappa shape index (κ2) is 4.08. The van der Waals surface area contributed by atoms with E-state index < -0.39 is 0 Å². The van der Waals surface area contributed by atoms with Gasteiger partial charge in [-0.25, -0.2) is 4.98 Å². The van der Waals surface area contributed by atoms with Crippen molar-refractivity contribution in [3.63, 3.8) is 0 Å². The molecule has 0 fully saturated rings. The molecule has 1 aliphatic carbocycles. The maximum Gasteiger partial charge on any atom is 0.178 e. The van der Waals surface area contributed by atoms with Crippen LogP contribution in [-0.4, -0.2) is 10.8 Å². The van der Waals surface area contributed by atoms with Gasteiger partial charge in [0.1, 0.15) is 0 Å². The van der Waals surface area contributed by atoms with E-state index in [1.165, 1.54) is 22.5 Å². The standard InChI is InChI=1S/C14H13NOS/c1-9-15-8-13(17-9)14(16)12-6-10-4-2-3-5-11(10)7-12/h2-5,8,12H,6-7H2,1H3. The Labute approximate surface area is 104 Å². The van der Waals surface area contributed by atoms with Gasteiger partial charge in [-0.2, -0.15) is 0 Å². The van der Waals surface area contributed by atoms with Gasteiger partial charge >= 0.3 is 0 Å². The number of ketones is 1. The number of carbonyl (C=O) groups is 1. The van der Waals surface area contributed by atoms with Crippen molar-refractivity contribution in [3.05, 3.63) is 51.5 Å². The lowest BCUT2D eigenvalue weighted by Gasteiger charge is -2.04. The van der Waals surface area contributed by atoms with Crippen LogP contribution in [0.5, 0.6) is 0 Å². The first kappa shape index (κ1) is 10.7. The summed E-state index contributed by atoms with van der Waals surface area (Å²) in [5, 5.41) is 0.962. The molecule has 1 aliphatic rings. The Bertz CT molecular complexity index is 548. The first-order chi connectivity index (χ1) is 8.24. The smallest absolute Gasteiger partial charge is 0.178 e. The molecule has 2 aromatic rings. The number of nitrogens with zero attached hydrogens (tertiary/aromatic N) is 1. The average molecular weight is 243 g/mol.